The van der Waals surface area contributed by atoms with Crippen molar-refractivity contribution in [1.29, 1.82) is 0 Å². The number of hydrogen-bond acceptors (Lipinski definition) is 7. The Morgan fingerprint density at radius 1 is 0.952 bits per heavy atom. The van der Waals surface area contributed by atoms with Gasteiger partial charge in [0, 0.05) is 25.0 Å². The van der Waals surface area contributed by atoms with Crippen LogP contribution in [-0.2, 0) is 19.1 Å². The molecule has 0 bridgehead atoms. The molecule has 1 saturated carbocycles. The summed E-state index contributed by atoms with van der Waals surface area (Å²) in [6.07, 6.45) is 0.293. The molecule has 3 rings (SSSR count). The topological polar surface area (TPSA) is 94.5 Å². The molecule has 1 amide bonds. The van der Waals surface area contributed by atoms with Crippen molar-refractivity contribution in [2.45, 2.75) is 92.1 Å². The summed E-state index contributed by atoms with van der Waals surface area (Å²) in [7, 11) is 0. The van der Waals surface area contributed by atoms with Crippen molar-refractivity contribution in [3.05, 3.63) is 59.2 Å². The molecule has 0 spiro atoms. The Morgan fingerprint density at radius 2 is 1.55 bits per heavy atom. The van der Waals surface area contributed by atoms with E-state index >= 15 is 0 Å². The van der Waals surface area contributed by atoms with Crippen molar-refractivity contribution >= 4 is 11.7 Å². The van der Waals surface area contributed by atoms with Crippen LogP contribution in [0.2, 0.25) is 0 Å². The zero-order valence-electron chi connectivity index (χ0n) is 26.4. The van der Waals surface area contributed by atoms with E-state index in [0.29, 0.717) is 62.9 Å². The predicted octanol–water partition coefficient (Wildman–Crippen LogP) is 6.37. The number of benzene rings is 2. The highest BCUT2D eigenvalue weighted by molar-refractivity contribution is 5.90. The molecular formula is C34H49NO7. The number of amides is 1. The molecule has 1 unspecified atom stereocenters. The van der Waals surface area contributed by atoms with Crippen molar-refractivity contribution in [3.8, 4) is 11.5 Å². The fourth-order valence-electron chi connectivity index (χ4n) is 5.80. The van der Waals surface area contributed by atoms with E-state index in [9.17, 15) is 14.7 Å². The standard InChI is InChI=1S/C34H49NO7/c1-8-39-29-20-34(21-29,26(7)37)22-32(38)35(16-17-42-25(6)27-14-12-11-13-15-27)23(4)28-18-30(40-9-2)33(24(5)36)31(19-28)41-10-3/h11-15,18-19,23-25,29,36H,8-10,16-17,20-22H2,1-7H3/t23-,24?,25+,29?,34?/m1/s1. The second-order valence-electron chi connectivity index (χ2n) is 11.2. The molecule has 3 atom stereocenters. The quantitative estimate of drug-likeness (QED) is 0.231. The lowest BCUT2D eigenvalue weighted by Crippen LogP contribution is -2.50. The second kappa shape index (κ2) is 15.5. The van der Waals surface area contributed by atoms with Crippen LogP contribution in [0.5, 0.6) is 11.5 Å². The van der Waals surface area contributed by atoms with Gasteiger partial charge in [0.15, 0.2) is 0 Å². The lowest BCUT2D eigenvalue weighted by atomic mass is 9.62. The van der Waals surface area contributed by atoms with E-state index < -0.39 is 11.5 Å². The third-order valence-electron chi connectivity index (χ3n) is 8.26. The Balaban J connectivity index is 1.91. The van der Waals surface area contributed by atoms with Gasteiger partial charge in [0.25, 0.3) is 0 Å². The average Bonchev–Trinajstić information content (AvgIpc) is 2.93. The SMILES string of the molecule is CCOc1cc([C@@H](C)N(CCO[C@@H](C)c2ccccc2)C(=O)CC2(C(C)=O)CC(OCC)C2)cc(OCC)c1C(C)O. The number of carbonyl (C=O) groups is 2. The van der Waals surface area contributed by atoms with E-state index in [4.69, 9.17) is 18.9 Å². The summed E-state index contributed by atoms with van der Waals surface area (Å²) in [6, 6.07) is 13.3. The van der Waals surface area contributed by atoms with Gasteiger partial charge < -0.3 is 29.0 Å². The number of Topliss-reactive ketones (excluding diaryl/α,β-unsaturated/α-hetero) is 1. The second-order valence-corrected chi connectivity index (χ2v) is 11.2. The molecule has 1 fully saturated rings. The highest BCUT2D eigenvalue weighted by atomic mass is 16.5. The highest BCUT2D eigenvalue weighted by Gasteiger charge is 2.50. The largest absolute Gasteiger partial charge is 0.493 e. The molecule has 1 aliphatic rings. The molecule has 232 valence electrons. The molecule has 0 radical (unpaired) electrons. The van der Waals surface area contributed by atoms with Crippen LogP contribution in [0.4, 0.5) is 0 Å². The smallest absolute Gasteiger partial charge is 0.224 e. The van der Waals surface area contributed by atoms with Gasteiger partial charge in [-0.1, -0.05) is 30.3 Å². The maximum Gasteiger partial charge on any atom is 0.224 e. The fourth-order valence-corrected chi connectivity index (χ4v) is 5.80. The minimum absolute atomic E-state index is 0.00291. The Bertz CT molecular complexity index is 1130. The minimum Gasteiger partial charge on any atom is -0.493 e. The first-order chi connectivity index (χ1) is 20.1. The van der Waals surface area contributed by atoms with Crippen LogP contribution in [0, 0.1) is 5.41 Å². The van der Waals surface area contributed by atoms with Crippen molar-refractivity contribution < 1.29 is 33.6 Å². The van der Waals surface area contributed by atoms with Gasteiger partial charge in [-0.05, 0) is 84.6 Å². The summed E-state index contributed by atoms with van der Waals surface area (Å²) in [4.78, 5) is 28.6. The lowest BCUT2D eigenvalue weighted by molar-refractivity contribution is -0.155. The number of aliphatic hydroxyl groups excluding tert-OH is 1. The molecule has 1 N–H and O–H groups in total. The zero-order valence-corrected chi connectivity index (χ0v) is 26.4. The van der Waals surface area contributed by atoms with Gasteiger partial charge >= 0.3 is 0 Å². The third-order valence-corrected chi connectivity index (χ3v) is 8.26. The number of hydrogen-bond donors (Lipinski definition) is 1. The molecule has 0 aromatic heterocycles. The molecule has 42 heavy (non-hydrogen) atoms. The van der Waals surface area contributed by atoms with Crippen LogP contribution >= 0.6 is 0 Å². The van der Waals surface area contributed by atoms with Gasteiger partial charge in [0.05, 0.1) is 49.7 Å². The summed E-state index contributed by atoms with van der Waals surface area (Å²) in [6.45, 7) is 15.0. The van der Waals surface area contributed by atoms with Crippen molar-refractivity contribution in [1.82, 2.24) is 4.90 Å². The summed E-state index contributed by atoms with van der Waals surface area (Å²) in [5.41, 5.74) is 1.75. The average molecular weight is 584 g/mol. The van der Waals surface area contributed by atoms with E-state index in [-0.39, 0.29) is 36.4 Å². The number of nitrogens with zero attached hydrogens (tertiary/aromatic N) is 1. The third kappa shape index (κ3) is 8.12. The number of rotatable bonds is 17. The van der Waals surface area contributed by atoms with Crippen LogP contribution in [0.1, 0.15) is 103 Å². The normalized spacial score (nSPS) is 20.2. The summed E-state index contributed by atoms with van der Waals surface area (Å²) in [5.74, 6) is 0.965. The molecule has 1 aliphatic carbocycles. The summed E-state index contributed by atoms with van der Waals surface area (Å²) < 4.78 is 23.8. The number of ketones is 1. The molecular weight excluding hydrogens is 534 g/mol. The molecule has 0 saturated heterocycles. The minimum atomic E-state index is -0.796. The molecule has 8 heteroatoms. The van der Waals surface area contributed by atoms with Gasteiger partial charge in [0.1, 0.15) is 17.3 Å². The first-order valence-electron chi connectivity index (χ1n) is 15.3. The van der Waals surface area contributed by atoms with Crippen LogP contribution in [-0.4, -0.2) is 60.8 Å². The van der Waals surface area contributed by atoms with Gasteiger partial charge in [-0.2, -0.15) is 0 Å². The van der Waals surface area contributed by atoms with Crippen molar-refractivity contribution in [3.63, 3.8) is 0 Å². The van der Waals surface area contributed by atoms with E-state index in [1.165, 1.54) is 0 Å². The number of aliphatic hydroxyl groups is 1. The maximum absolute atomic E-state index is 14.1. The van der Waals surface area contributed by atoms with Gasteiger partial charge in [-0.25, -0.2) is 0 Å². The van der Waals surface area contributed by atoms with E-state index in [1.54, 1.807) is 18.7 Å². The van der Waals surface area contributed by atoms with Crippen LogP contribution in [0.15, 0.2) is 42.5 Å². The van der Waals surface area contributed by atoms with Crippen LogP contribution in [0.25, 0.3) is 0 Å². The van der Waals surface area contributed by atoms with Crippen LogP contribution in [0.3, 0.4) is 0 Å². The molecule has 8 nitrogen and oxygen atoms in total. The Labute approximate surface area is 251 Å². The first-order valence-corrected chi connectivity index (χ1v) is 15.3. The van der Waals surface area contributed by atoms with E-state index in [2.05, 4.69) is 0 Å². The first kappa shape index (κ1) is 33.6. The number of carbonyl (C=O) groups excluding carboxylic acids is 2. The Morgan fingerprint density at radius 3 is 2.05 bits per heavy atom. The van der Waals surface area contributed by atoms with Gasteiger partial charge in [-0.3, -0.25) is 9.59 Å². The molecule has 0 aliphatic heterocycles. The van der Waals surface area contributed by atoms with Crippen LogP contribution < -0.4 is 9.47 Å². The van der Waals surface area contributed by atoms with Gasteiger partial charge in [0.2, 0.25) is 5.91 Å². The lowest BCUT2D eigenvalue weighted by Gasteiger charge is -2.46. The fraction of sp³-hybridized carbons (Fsp3) is 0.588. The molecule has 0 heterocycles. The predicted molar refractivity (Wildman–Crippen MR) is 163 cm³/mol. The Kier molecular flexibility index (Phi) is 12.4. The van der Waals surface area contributed by atoms with Crippen molar-refractivity contribution in [2.24, 2.45) is 5.41 Å². The maximum atomic E-state index is 14.1. The highest BCUT2D eigenvalue weighted by Crippen LogP contribution is 2.47. The number of ether oxygens (including phenoxy) is 4. The Hall–Kier alpha value is -2.94. The van der Waals surface area contributed by atoms with Gasteiger partial charge in [-0.15, -0.1) is 0 Å². The summed E-state index contributed by atoms with van der Waals surface area (Å²) in [5, 5.41) is 10.5. The van der Waals surface area contributed by atoms with Crippen molar-refractivity contribution in [2.75, 3.05) is 33.0 Å². The van der Waals surface area contributed by atoms with E-state index in [0.717, 1.165) is 11.1 Å². The molecule has 2 aromatic rings. The summed E-state index contributed by atoms with van der Waals surface area (Å²) >= 11 is 0. The monoisotopic (exact) mass is 583 g/mol. The zero-order chi connectivity index (χ0) is 30.9. The van der Waals surface area contributed by atoms with E-state index in [1.807, 2.05) is 77.1 Å². The molecule has 2 aromatic carbocycles.